The first-order valence-corrected chi connectivity index (χ1v) is 37.8. The van der Waals surface area contributed by atoms with Crippen LogP contribution in [-0.2, 0) is 10.8 Å². The molecule has 1 unspecified atom stereocenters. The standard InChI is InChI=1S/C104H66N4O2/c1-4-24-69(25-5-1)93-64-95(108-102(106-93)72-28-8-3-9-29-72)100-78-32-11-10-23-68(78)51-55-79(100)76-54-58-98-91(61-76)104(86-39-18-14-35-82(86)83-36-15-19-40-87(83)104)89-56-52-75(62-99(89)110-98)73-30-22-31-77(59-73)94-63-92(105-101(107-94)71-26-6-2-7-27-71)70-49-47-66(48-50-70)65-43-45-67(46-44-65)74-53-57-97-90(60-74)103(88-41-20-21-42-96(88)109-97)84-37-16-12-33-80(84)81-34-13-17-38-85(81)103/h1-30,32-64,77H,31H2. The smallest absolute Gasteiger partial charge is 0.160 e. The van der Waals surface area contributed by atoms with Crippen molar-refractivity contribution >= 4 is 16.3 Å². The van der Waals surface area contributed by atoms with E-state index in [4.69, 9.17) is 29.4 Å². The van der Waals surface area contributed by atoms with Gasteiger partial charge in [0.1, 0.15) is 23.0 Å². The molecule has 17 aromatic rings. The normalized spacial score (nSPS) is 14.5. The van der Waals surface area contributed by atoms with Gasteiger partial charge in [0.2, 0.25) is 0 Å². The molecule has 110 heavy (non-hydrogen) atoms. The molecular formula is C104H66N4O2. The Morgan fingerprint density at radius 2 is 0.691 bits per heavy atom. The van der Waals surface area contributed by atoms with Gasteiger partial charge in [-0.15, -0.1) is 0 Å². The molecule has 0 radical (unpaired) electrons. The van der Waals surface area contributed by atoms with Crippen LogP contribution in [0.2, 0.25) is 0 Å². The van der Waals surface area contributed by atoms with Gasteiger partial charge in [0, 0.05) is 56.0 Å². The first kappa shape index (κ1) is 63.1. The molecule has 0 N–H and O–H groups in total. The van der Waals surface area contributed by atoms with Crippen LogP contribution >= 0.6 is 0 Å². The lowest BCUT2D eigenvalue weighted by molar-refractivity contribution is 0.436. The van der Waals surface area contributed by atoms with E-state index in [0.29, 0.717) is 11.6 Å². The molecule has 2 aliphatic heterocycles. The van der Waals surface area contributed by atoms with Crippen molar-refractivity contribution in [3.63, 3.8) is 0 Å². The molecule has 4 heterocycles. The molecule has 5 aliphatic rings. The molecule has 0 amide bonds. The Kier molecular flexibility index (Phi) is 14.5. The highest BCUT2D eigenvalue weighted by atomic mass is 16.5. The van der Waals surface area contributed by atoms with Gasteiger partial charge >= 0.3 is 0 Å². The van der Waals surface area contributed by atoms with Crippen molar-refractivity contribution in [1.29, 1.82) is 0 Å². The lowest BCUT2D eigenvalue weighted by atomic mass is 9.65. The molecule has 1 atom stereocenters. The SMILES string of the molecule is C1=CC(c2ccc3c(c2)Oc2ccc(-c4ccc5ccccc5c4-c4cc(-c5ccccc5)nc(-c5ccccc5)n4)cc2C32c3ccccc3-c3ccccc32)=CC(c2cc(-c3ccc(-c4ccc(-c5ccc6c(c5)C5(c7ccccc7O6)c6ccccc6-c6ccccc65)cc4)cc3)nc(-c3ccccc3)n2)C1. The van der Waals surface area contributed by atoms with Gasteiger partial charge in [0.05, 0.1) is 33.6 Å². The molecule has 2 aromatic heterocycles. The molecule has 514 valence electrons. The van der Waals surface area contributed by atoms with Gasteiger partial charge < -0.3 is 9.47 Å². The molecule has 3 aliphatic carbocycles. The van der Waals surface area contributed by atoms with Gasteiger partial charge in [0.15, 0.2) is 11.6 Å². The zero-order chi connectivity index (χ0) is 72.4. The van der Waals surface area contributed by atoms with Crippen molar-refractivity contribution in [2.24, 2.45) is 0 Å². The van der Waals surface area contributed by atoms with E-state index < -0.39 is 10.8 Å². The average Bonchev–Trinajstić information content (AvgIpc) is 1.51. The van der Waals surface area contributed by atoms with Crippen LogP contribution in [0, 0.1) is 0 Å². The summed E-state index contributed by atoms with van der Waals surface area (Å²) in [6.07, 6.45) is 7.73. The number of hydrogen-bond donors (Lipinski definition) is 0. The van der Waals surface area contributed by atoms with Crippen molar-refractivity contribution in [2.45, 2.75) is 23.2 Å². The molecule has 0 saturated heterocycles. The van der Waals surface area contributed by atoms with E-state index in [9.17, 15) is 0 Å². The Morgan fingerprint density at radius 3 is 1.30 bits per heavy atom. The minimum Gasteiger partial charge on any atom is -0.457 e. The van der Waals surface area contributed by atoms with E-state index in [0.717, 1.165) is 158 Å². The number of rotatable bonds is 10. The van der Waals surface area contributed by atoms with Gasteiger partial charge in [-0.25, -0.2) is 19.9 Å². The monoisotopic (exact) mass is 1400 g/mol. The van der Waals surface area contributed by atoms with Crippen LogP contribution < -0.4 is 9.47 Å². The second-order valence-electron chi connectivity index (χ2n) is 29.3. The molecule has 15 aromatic carbocycles. The Hall–Kier alpha value is -14.2. The van der Waals surface area contributed by atoms with Crippen molar-refractivity contribution in [2.75, 3.05) is 0 Å². The van der Waals surface area contributed by atoms with E-state index in [1.54, 1.807) is 0 Å². The molecule has 6 nitrogen and oxygen atoms in total. The van der Waals surface area contributed by atoms with Gasteiger partial charge in [-0.05, 0) is 155 Å². The third kappa shape index (κ3) is 9.89. The fourth-order valence-corrected chi connectivity index (χ4v) is 18.4. The highest BCUT2D eigenvalue weighted by Crippen LogP contribution is 2.65. The van der Waals surface area contributed by atoms with Crippen LogP contribution in [-0.4, -0.2) is 19.9 Å². The molecule has 22 rings (SSSR count). The van der Waals surface area contributed by atoms with Crippen molar-refractivity contribution < 1.29 is 9.47 Å². The van der Waals surface area contributed by atoms with E-state index in [1.807, 2.05) is 30.3 Å². The molecule has 6 heteroatoms. The summed E-state index contributed by atoms with van der Waals surface area (Å²) in [4.78, 5) is 21.4. The Bertz CT molecular complexity index is 6530. The number of allylic oxidation sites excluding steroid dienone is 4. The van der Waals surface area contributed by atoms with Gasteiger partial charge in [0.25, 0.3) is 0 Å². The number of ether oxygens (including phenoxy) is 2. The third-order valence-electron chi connectivity index (χ3n) is 23.4. The fraction of sp³-hybridized carbons (Fsp3) is 0.0385. The van der Waals surface area contributed by atoms with Crippen molar-refractivity contribution in [3.05, 3.63) is 438 Å². The lowest BCUT2D eigenvalue weighted by Gasteiger charge is -2.40. The first-order valence-electron chi connectivity index (χ1n) is 37.8. The maximum absolute atomic E-state index is 7.39. The minimum atomic E-state index is -0.735. The Balaban J connectivity index is 0.603. The largest absolute Gasteiger partial charge is 0.457 e. The topological polar surface area (TPSA) is 70.0 Å². The number of fused-ring (bicyclic) bond motifs is 19. The number of hydrogen-bond acceptors (Lipinski definition) is 6. The molecule has 0 bridgehead atoms. The van der Waals surface area contributed by atoms with E-state index in [2.05, 4.69) is 352 Å². The molecule has 2 spiro atoms. The van der Waals surface area contributed by atoms with E-state index >= 15 is 0 Å². The second-order valence-corrected chi connectivity index (χ2v) is 29.3. The van der Waals surface area contributed by atoms with Crippen LogP contribution in [0.5, 0.6) is 23.0 Å². The van der Waals surface area contributed by atoms with Crippen molar-refractivity contribution in [3.8, 4) is 135 Å². The van der Waals surface area contributed by atoms with Crippen molar-refractivity contribution in [1.82, 2.24) is 19.9 Å². The van der Waals surface area contributed by atoms with Crippen LogP contribution in [0.4, 0.5) is 0 Å². The summed E-state index contributed by atoms with van der Waals surface area (Å²) < 4.78 is 14.2. The van der Waals surface area contributed by atoms with Gasteiger partial charge in [-0.1, -0.05) is 334 Å². The maximum Gasteiger partial charge on any atom is 0.160 e. The van der Waals surface area contributed by atoms with Crippen LogP contribution in [0.1, 0.15) is 68.1 Å². The first-order chi connectivity index (χ1) is 54.5. The minimum absolute atomic E-state index is 0.0426. The van der Waals surface area contributed by atoms with Gasteiger partial charge in [-0.2, -0.15) is 0 Å². The predicted octanol–water partition coefficient (Wildman–Crippen LogP) is 25.8. The van der Waals surface area contributed by atoms with Gasteiger partial charge in [-0.3, -0.25) is 0 Å². The number of benzene rings is 15. The summed E-state index contributed by atoms with van der Waals surface area (Å²) in [5.41, 5.74) is 30.6. The Morgan fingerprint density at radius 1 is 0.264 bits per heavy atom. The van der Waals surface area contributed by atoms with Crippen LogP contribution in [0.3, 0.4) is 0 Å². The number of para-hydroxylation sites is 1. The summed E-state index contributed by atoms with van der Waals surface area (Å²) in [7, 11) is 0. The quantitative estimate of drug-likeness (QED) is 0.136. The second kappa shape index (κ2) is 25.2. The summed E-state index contributed by atoms with van der Waals surface area (Å²) in [6, 6.07) is 131. The zero-order valence-electron chi connectivity index (χ0n) is 59.8. The summed E-state index contributed by atoms with van der Waals surface area (Å²) >= 11 is 0. The van der Waals surface area contributed by atoms with E-state index in [1.165, 1.54) is 44.5 Å². The fourth-order valence-electron chi connectivity index (χ4n) is 18.4. The van der Waals surface area contributed by atoms with E-state index in [-0.39, 0.29) is 5.92 Å². The lowest BCUT2D eigenvalue weighted by Crippen LogP contribution is -2.32. The maximum atomic E-state index is 7.39. The molecular weight excluding hydrogens is 1340 g/mol. The summed E-state index contributed by atoms with van der Waals surface area (Å²) in [6.45, 7) is 0. The molecule has 0 fully saturated rings. The number of aromatic nitrogens is 4. The predicted molar refractivity (Wildman–Crippen MR) is 444 cm³/mol. The summed E-state index contributed by atoms with van der Waals surface area (Å²) in [5.74, 6) is 4.73. The number of nitrogens with zero attached hydrogens (tertiary/aromatic N) is 4. The molecule has 0 saturated carbocycles. The summed E-state index contributed by atoms with van der Waals surface area (Å²) in [5, 5.41) is 2.24. The highest BCUT2D eigenvalue weighted by Gasteiger charge is 2.53. The highest BCUT2D eigenvalue weighted by molar-refractivity contribution is 6.05. The average molecular weight is 1400 g/mol. The third-order valence-corrected chi connectivity index (χ3v) is 23.4. The zero-order valence-corrected chi connectivity index (χ0v) is 59.8. The Labute approximate surface area is 638 Å². The van der Waals surface area contributed by atoms with Crippen LogP contribution in [0.25, 0.3) is 129 Å². The van der Waals surface area contributed by atoms with Crippen LogP contribution in [0.15, 0.2) is 382 Å².